The fourth-order valence-corrected chi connectivity index (χ4v) is 3.36. The Morgan fingerprint density at radius 2 is 1.90 bits per heavy atom. The molecule has 2 rings (SSSR count). The van der Waals surface area contributed by atoms with Gasteiger partial charge in [0.15, 0.2) is 0 Å². The summed E-state index contributed by atoms with van der Waals surface area (Å²) in [5, 5.41) is 10.6. The van der Waals surface area contributed by atoms with Crippen molar-refractivity contribution in [3.63, 3.8) is 0 Å². The molecule has 2 aromatic carbocycles. The molecule has 2 aromatic rings. The van der Waals surface area contributed by atoms with Gasteiger partial charge >= 0.3 is 0 Å². The molecule has 0 saturated heterocycles. The summed E-state index contributed by atoms with van der Waals surface area (Å²) in [5.41, 5.74) is 5.55. The summed E-state index contributed by atoms with van der Waals surface area (Å²) in [6.45, 7) is 0. The van der Waals surface area contributed by atoms with Crippen LogP contribution in [0.3, 0.4) is 0 Å². The van der Waals surface area contributed by atoms with Crippen LogP contribution in [0.2, 0.25) is 0 Å². The van der Waals surface area contributed by atoms with E-state index in [1.54, 1.807) is 18.2 Å². The molecular formula is C12H10IN3O4S. The number of nitrogens with one attached hydrogen (secondary N) is 1. The van der Waals surface area contributed by atoms with E-state index in [9.17, 15) is 18.5 Å². The zero-order valence-corrected chi connectivity index (χ0v) is 13.5. The van der Waals surface area contributed by atoms with E-state index in [1.165, 1.54) is 0 Å². The summed E-state index contributed by atoms with van der Waals surface area (Å²) < 4.78 is 27.8. The van der Waals surface area contributed by atoms with Gasteiger partial charge in [-0.15, -0.1) is 0 Å². The number of sulfonamides is 1. The maximum atomic E-state index is 12.3. The van der Waals surface area contributed by atoms with Crippen LogP contribution in [0.5, 0.6) is 0 Å². The molecule has 0 aliphatic heterocycles. The monoisotopic (exact) mass is 419 g/mol. The van der Waals surface area contributed by atoms with Gasteiger partial charge in [0.25, 0.3) is 15.7 Å². The van der Waals surface area contributed by atoms with Crippen molar-refractivity contribution in [3.05, 3.63) is 56.1 Å². The average molecular weight is 419 g/mol. The van der Waals surface area contributed by atoms with Gasteiger partial charge in [-0.3, -0.25) is 14.8 Å². The topological polar surface area (TPSA) is 115 Å². The van der Waals surface area contributed by atoms with Crippen LogP contribution >= 0.6 is 22.6 Å². The minimum absolute atomic E-state index is 0.178. The largest absolute Gasteiger partial charge is 0.397 e. The zero-order chi connectivity index (χ0) is 15.6. The van der Waals surface area contributed by atoms with Crippen LogP contribution in [0, 0.1) is 13.7 Å². The number of nitro benzene ring substituents is 1. The highest BCUT2D eigenvalue weighted by molar-refractivity contribution is 14.1. The first-order chi connectivity index (χ1) is 9.79. The van der Waals surface area contributed by atoms with Crippen LogP contribution in [0.15, 0.2) is 47.4 Å². The number of nitrogens with two attached hydrogens (primary N) is 1. The van der Waals surface area contributed by atoms with E-state index in [0.717, 1.165) is 21.8 Å². The van der Waals surface area contributed by atoms with Gasteiger partial charge in [0.2, 0.25) is 0 Å². The molecule has 0 bridgehead atoms. The van der Waals surface area contributed by atoms with Crippen LogP contribution in [0.4, 0.5) is 17.1 Å². The SMILES string of the molecule is Nc1cc([N+](=O)[O-])ccc1S(=O)(=O)Nc1cccc(I)c1. The fraction of sp³-hybridized carbons (Fsp3) is 0. The molecule has 0 saturated carbocycles. The van der Waals surface area contributed by atoms with E-state index in [2.05, 4.69) is 27.3 Å². The summed E-state index contributed by atoms with van der Waals surface area (Å²) in [7, 11) is -3.90. The number of non-ortho nitro benzene ring substituents is 1. The quantitative estimate of drug-likeness (QED) is 0.342. The number of rotatable bonds is 4. The highest BCUT2D eigenvalue weighted by Crippen LogP contribution is 2.26. The Morgan fingerprint density at radius 1 is 1.19 bits per heavy atom. The van der Waals surface area contributed by atoms with E-state index in [0.29, 0.717) is 5.69 Å². The summed E-state index contributed by atoms with van der Waals surface area (Å²) >= 11 is 2.06. The number of halogens is 1. The third-order valence-corrected chi connectivity index (χ3v) is 4.70. The molecule has 0 unspecified atom stereocenters. The van der Waals surface area contributed by atoms with E-state index in [-0.39, 0.29) is 16.3 Å². The molecule has 9 heteroatoms. The van der Waals surface area contributed by atoms with E-state index < -0.39 is 14.9 Å². The fourth-order valence-electron chi connectivity index (χ4n) is 1.66. The number of hydrogen-bond acceptors (Lipinski definition) is 5. The Bertz CT molecular complexity index is 808. The van der Waals surface area contributed by atoms with Crippen molar-refractivity contribution in [1.29, 1.82) is 0 Å². The third-order valence-electron chi connectivity index (χ3n) is 2.57. The molecule has 0 aliphatic rings. The predicted molar refractivity (Wildman–Crippen MR) is 87.5 cm³/mol. The molecule has 0 amide bonds. The number of hydrogen-bond donors (Lipinski definition) is 2. The van der Waals surface area contributed by atoms with Crippen molar-refractivity contribution in [2.75, 3.05) is 10.5 Å². The second-order valence-corrected chi connectivity index (χ2v) is 6.99. The Balaban J connectivity index is 2.38. The molecule has 0 radical (unpaired) electrons. The van der Waals surface area contributed by atoms with Crippen molar-refractivity contribution in [1.82, 2.24) is 0 Å². The highest BCUT2D eigenvalue weighted by atomic mass is 127. The van der Waals surface area contributed by atoms with Crippen LogP contribution in [0.25, 0.3) is 0 Å². The van der Waals surface area contributed by atoms with Gasteiger partial charge in [0, 0.05) is 21.4 Å². The van der Waals surface area contributed by atoms with Crippen molar-refractivity contribution >= 4 is 49.7 Å². The Kier molecular flexibility index (Phi) is 4.32. The summed E-state index contributed by atoms with van der Waals surface area (Å²) in [6.07, 6.45) is 0. The van der Waals surface area contributed by atoms with Gasteiger partial charge in [0.05, 0.1) is 10.6 Å². The molecule has 0 heterocycles. The predicted octanol–water partition coefficient (Wildman–Crippen LogP) is 2.58. The summed E-state index contributed by atoms with van der Waals surface area (Å²) in [5.74, 6) is 0. The molecule has 3 N–H and O–H groups in total. The smallest absolute Gasteiger partial charge is 0.271 e. The van der Waals surface area contributed by atoms with Gasteiger partial charge in [0.1, 0.15) is 4.90 Å². The molecule has 0 fully saturated rings. The van der Waals surface area contributed by atoms with Crippen LogP contribution in [-0.4, -0.2) is 13.3 Å². The van der Waals surface area contributed by atoms with Crippen molar-refractivity contribution in [3.8, 4) is 0 Å². The van der Waals surface area contributed by atoms with Crippen molar-refractivity contribution in [2.24, 2.45) is 0 Å². The standard InChI is InChI=1S/C12H10IN3O4S/c13-8-2-1-3-9(6-8)15-21(19,20)12-5-4-10(16(17)18)7-11(12)14/h1-7,15H,14H2. The van der Waals surface area contributed by atoms with Crippen molar-refractivity contribution in [2.45, 2.75) is 4.90 Å². The van der Waals surface area contributed by atoms with E-state index in [1.807, 2.05) is 6.07 Å². The van der Waals surface area contributed by atoms with Crippen LogP contribution < -0.4 is 10.5 Å². The number of nitro groups is 1. The number of anilines is 2. The molecule has 0 aliphatic carbocycles. The van der Waals surface area contributed by atoms with Gasteiger partial charge in [-0.1, -0.05) is 6.07 Å². The molecule has 0 atom stereocenters. The summed E-state index contributed by atoms with van der Waals surface area (Å²) in [6, 6.07) is 10.0. The Hall–Kier alpha value is -1.88. The van der Waals surface area contributed by atoms with Crippen molar-refractivity contribution < 1.29 is 13.3 Å². The third kappa shape index (κ3) is 3.61. The van der Waals surface area contributed by atoms with Gasteiger partial charge in [-0.05, 0) is 46.9 Å². The Morgan fingerprint density at radius 3 is 2.48 bits per heavy atom. The average Bonchev–Trinajstić information content (AvgIpc) is 2.37. The lowest BCUT2D eigenvalue weighted by Crippen LogP contribution is -2.15. The first kappa shape index (κ1) is 15.5. The number of benzene rings is 2. The zero-order valence-electron chi connectivity index (χ0n) is 10.5. The number of nitrogen functional groups attached to an aromatic ring is 1. The number of nitrogens with zero attached hydrogens (tertiary/aromatic N) is 1. The first-order valence-corrected chi connectivity index (χ1v) is 8.18. The normalized spacial score (nSPS) is 11.1. The lowest BCUT2D eigenvalue weighted by molar-refractivity contribution is -0.384. The Labute approximate surface area is 134 Å². The maximum absolute atomic E-state index is 12.3. The molecule has 0 spiro atoms. The highest BCUT2D eigenvalue weighted by Gasteiger charge is 2.20. The maximum Gasteiger partial charge on any atom is 0.271 e. The second kappa shape index (κ2) is 5.85. The van der Waals surface area contributed by atoms with E-state index >= 15 is 0 Å². The molecular weight excluding hydrogens is 409 g/mol. The van der Waals surface area contributed by atoms with Gasteiger partial charge in [-0.2, -0.15) is 0 Å². The molecule has 0 aromatic heterocycles. The molecule has 7 nitrogen and oxygen atoms in total. The first-order valence-electron chi connectivity index (χ1n) is 5.62. The lowest BCUT2D eigenvalue weighted by atomic mass is 10.3. The molecule has 110 valence electrons. The van der Waals surface area contributed by atoms with Gasteiger partial charge < -0.3 is 5.73 Å². The minimum Gasteiger partial charge on any atom is -0.397 e. The van der Waals surface area contributed by atoms with Gasteiger partial charge in [-0.25, -0.2) is 8.42 Å². The lowest BCUT2D eigenvalue weighted by Gasteiger charge is -2.10. The van der Waals surface area contributed by atoms with Crippen LogP contribution in [0.1, 0.15) is 0 Å². The van der Waals surface area contributed by atoms with Crippen LogP contribution in [-0.2, 0) is 10.0 Å². The summed E-state index contributed by atoms with van der Waals surface area (Å²) in [4.78, 5) is 9.79. The molecule has 21 heavy (non-hydrogen) atoms. The minimum atomic E-state index is -3.90. The van der Waals surface area contributed by atoms with E-state index in [4.69, 9.17) is 5.73 Å². The second-order valence-electron chi connectivity index (χ2n) is 4.10.